The summed E-state index contributed by atoms with van der Waals surface area (Å²) in [6, 6.07) is 8.85. The SMILES string of the molecule is CC1CN(C(=O)C(C)Oc2ccc(C#N)cc2)C(C)CO1. The number of ether oxygens (including phenoxy) is 2. The van der Waals surface area contributed by atoms with Crippen LogP contribution in [0.3, 0.4) is 0 Å². The summed E-state index contributed by atoms with van der Waals surface area (Å²) in [5.74, 6) is 0.547. The topological polar surface area (TPSA) is 62.6 Å². The second kappa shape index (κ2) is 6.59. The van der Waals surface area contributed by atoms with Crippen LogP contribution >= 0.6 is 0 Å². The fourth-order valence-corrected chi connectivity index (χ4v) is 2.31. The van der Waals surface area contributed by atoms with E-state index in [2.05, 4.69) is 0 Å². The van der Waals surface area contributed by atoms with Crippen molar-refractivity contribution in [2.75, 3.05) is 13.2 Å². The fraction of sp³-hybridized carbons (Fsp3) is 0.500. The molecule has 21 heavy (non-hydrogen) atoms. The Morgan fingerprint density at radius 1 is 1.43 bits per heavy atom. The molecule has 1 aromatic carbocycles. The van der Waals surface area contributed by atoms with Crippen LogP contribution in [0.1, 0.15) is 26.3 Å². The van der Waals surface area contributed by atoms with E-state index in [4.69, 9.17) is 14.7 Å². The molecule has 3 unspecified atom stereocenters. The van der Waals surface area contributed by atoms with Crippen LogP contribution in [-0.2, 0) is 9.53 Å². The maximum absolute atomic E-state index is 12.5. The first-order valence-electron chi connectivity index (χ1n) is 7.10. The van der Waals surface area contributed by atoms with Gasteiger partial charge in [0.25, 0.3) is 5.91 Å². The Kier molecular flexibility index (Phi) is 4.81. The van der Waals surface area contributed by atoms with E-state index in [0.29, 0.717) is 24.5 Å². The lowest BCUT2D eigenvalue weighted by Gasteiger charge is -2.38. The first-order valence-corrected chi connectivity index (χ1v) is 7.10. The van der Waals surface area contributed by atoms with Crippen molar-refractivity contribution in [1.29, 1.82) is 5.26 Å². The van der Waals surface area contributed by atoms with Gasteiger partial charge in [-0.15, -0.1) is 0 Å². The van der Waals surface area contributed by atoms with E-state index in [9.17, 15) is 4.79 Å². The van der Waals surface area contributed by atoms with Gasteiger partial charge in [0.2, 0.25) is 0 Å². The van der Waals surface area contributed by atoms with Crippen LogP contribution in [0.2, 0.25) is 0 Å². The Morgan fingerprint density at radius 3 is 2.71 bits per heavy atom. The molecular weight excluding hydrogens is 268 g/mol. The Bertz CT molecular complexity index is 535. The molecule has 0 spiro atoms. The third kappa shape index (κ3) is 3.73. The molecule has 2 rings (SSSR count). The third-order valence-electron chi connectivity index (χ3n) is 3.53. The smallest absolute Gasteiger partial charge is 0.263 e. The van der Waals surface area contributed by atoms with E-state index < -0.39 is 6.10 Å². The molecule has 1 aliphatic rings. The van der Waals surface area contributed by atoms with Gasteiger partial charge in [0.15, 0.2) is 6.10 Å². The second-order valence-corrected chi connectivity index (χ2v) is 5.38. The molecule has 1 saturated heterocycles. The minimum absolute atomic E-state index is 0.0398. The lowest BCUT2D eigenvalue weighted by Crippen LogP contribution is -2.53. The zero-order chi connectivity index (χ0) is 15.4. The Hall–Kier alpha value is -2.06. The third-order valence-corrected chi connectivity index (χ3v) is 3.53. The molecule has 0 saturated carbocycles. The van der Waals surface area contributed by atoms with Crippen LogP contribution in [0.15, 0.2) is 24.3 Å². The zero-order valence-electron chi connectivity index (χ0n) is 12.6. The normalized spacial score (nSPS) is 23.2. The Morgan fingerprint density at radius 2 is 2.10 bits per heavy atom. The number of carbonyl (C=O) groups is 1. The summed E-state index contributed by atoms with van der Waals surface area (Å²) in [6.45, 7) is 6.81. The van der Waals surface area contributed by atoms with Crippen molar-refractivity contribution in [2.24, 2.45) is 0 Å². The van der Waals surface area contributed by atoms with Gasteiger partial charge in [-0.1, -0.05) is 0 Å². The van der Waals surface area contributed by atoms with Crippen molar-refractivity contribution in [3.8, 4) is 11.8 Å². The lowest BCUT2D eigenvalue weighted by atomic mass is 10.2. The molecule has 5 nitrogen and oxygen atoms in total. The molecule has 1 amide bonds. The van der Waals surface area contributed by atoms with Gasteiger partial charge in [-0.2, -0.15) is 5.26 Å². The van der Waals surface area contributed by atoms with Crippen LogP contribution in [0.4, 0.5) is 0 Å². The minimum Gasteiger partial charge on any atom is -0.481 e. The van der Waals surface area contributed by atoms with Gasteiger partial charge in [-0.3, -0.25) is 4.79 Å². The van der Waals surface area contributed by atoms with Crippen LogP contribution in [0, 0.1) is 11.3 Å². The van der Waals surface area contributed by atoms with Gasteiger partial charge in [0, 0.05) is 6.54 Å². The standard InChI is InChI=1S/C16H20N2O3/c1-11-10-20-12(2)9-18(11)16(19)13(3)21-15-6-4-14(8-17)5-7-15/h4-7,11-13H,9-10H2,1-3H3. The summed E-state index contributed by atoms with van der Waals surface area (Å²) in [5.41, 5.74) is 0.567. The van der Waals surface area contributed by atoms with Crippen molar-refractivity contribution >= 4 is 5.91 Å². The van der Waals surface area contributed by atoms with Crippen molar-refractivity contribution in [3.63, 3.8) is 0 Å². The molecule has 1 fully saturated rings. The Balaban J connectivity index is 1.99. The fourth-order valence-electron chi connectivity index (χ4n) is 2.31. The van der Waals surface area contributed by atoms with Crippen molar-refractivity contribution in [2.45, 2.75) is 39.0 Å². The highest BCUT2D eigenvalue weighted by atomic mass is 16.5. The predicted octanol–water partition coefficient (Wildman–Crippen LogP) is 1.96. The molecule has 112 valence electrons. The first kappa shape index (κ1) is 15.3. The summed E-state index contributed by atoms with van der Waals surface area (Å²) in [6.07, 6.45) is -0.516. The molecule has 3 atom stereocenters. The largest absolute Gasteiger partial charge is 0.481 e. The van der Waals surface area contributed by atoms with Gasteiger partial charge >= 0.3 is 0 Å². The second-order valence-electron chi connectivity index (χ2n) is 5.38. The molecule has 0 radical (unpaired) electrons. The lowest BCUT2D eigenvalue weighted by molar-refractivity contribution is -0.149. The van der Waals surface area contributed by atoms with Crippen LogP contribution in [0.25, 0.3) is 0 Å². The quantitative estimate of drug-likeness (QED) is 0.853. The van der Waals surface area contributed by atoms with Gasteiger partial charge < -0.3 is 14.4 Å². The maximum atomic E-state index is 12.5. The Labute approximate surface area is 125 Å². The van der Waals surface area contributed by atoms with E-state index in [1.807, 2.05) is 24.8 Å². The zero-order valence-corrected chi connectivity index (χ0v) is 12.6. The van der Waals surface area contributed by atoms with Crippen LogP contribution in [0.5, 0.6) is 5.75 Å². The highest BCUT2D eigenvalue weighted by molar-refractivity contribution is 5.81. The number of benzene rings is 1. The van der Waals surface area contributed by atoms with E-state index in [1.165, 1.54) is 0 Å². The highest BCUT2D eigenvalue weighted by Crippen LogP contribution is 2.17. The molecule has 0 aromatic heterocycles. The number of carbonyl (C=O) groups excluding carboxylic acids is 1. The average Bonchev–Trinajstić information content (AvgIpc) is 2.49. The predicted molar refractivity (Wildman–Crippen MR) is 77.8 cm³/mol. The summed E-state index contributed by atoms with van der Waals surface area (Å²) in [5, 5.41) is 8.76. The number of nitrogens with zero attached hydrogens (tertiary/aromatic N) is 2. The number of hydrogen-bond donors (Lipinski definition) is 0. The van der Waals surface area contributed by atoms with E-state index in [-0.39, 0.29) is 18.1 Å². The van der Waals surface area contributed by atoms with Crippen molar-refractivity contribution < 1.29 is 14.3 Å². The summed E-state index contributed by atoms with van der Waals surface area (Å²) < 4.78 is 11.2. The molecule has 5 heteroatoms. The number of morpholine rings is 1. The summed E-state index contributed by atoms with van der Waals surface area (Å²) in [7, 11) is 0. The molecular formula is C16H20N2O3. The number of nitriles is 1. The molecule has 1 heterocycles. The number of amides is 1. The van der Waals surface area contributed by atoms with Crippen molar-refractivity contribution in [3.05, 3.63) is 29.8 Å². The van der Waals surface area contributed by atoms with Crippen LogP contribution in [-0.4, -0.2) is 42.2 Å². The van der Waals surface area contributed by atoms with E-state index in [1.54, 1.807) is 31.2 Å². The van der Waals surface area contributed by atoms with Gasteiger partial charge in [0.05, 0.1) is 30.4 Å². The van der Waals surface area contributed by atoms with Gasteiger partial charge in [-0.05, 0) is 45.0 Å². The first-order chi connectivity index (χ1) is 10.0. The van der Waals surface area contributed by atoms with Gasteiger partial charge in [0.1, 0.15) is 5.75 Å². The van der Waals surface area contributed by atoms with E-state index in [0.717, 1.165) is 0 Å². The maximum Gasteiger partial charge on any atom is 0.263 e. The highest BCUT2D eigenvalue weighted by Gasteiger charge is 2.31. The van der Waals surface area contributed by atoms with E-state index >= 15 is 0 Å². The van der Waals surface area contributed by atoms with Crippen LogP contribution < -0.4 is 4.74 Å². The minimum atomic E-state index is -0.564. The van der Waals surface area contributed by atoms with Crippen molar-refractivity contribution in [1.82, 2.24) is 4.90 Å². The summed E-state index contributed by atoms with van der Waals surface area (Å²) >= 11 is 0. The molecule has 0 N–H and O–H groups in total. The van der Waals surface area contributed by atoms with Gasteiger partial charge in [-0.25, -0.2) is 0 Å². The summed E-state index contributed by atoms with van der Waals surface area (Å²) in [4.78, 5) is 14.3. The average molecular weight is 288 g/mol. The monoisotopic (exact) mass is 288 g/mol. The number of hydrogen-bond acceptors (Lipinski definition) is 4. The molecule has 0 aliphatic carbocycles. The number of rotatable bonds is 3. The molecule has 1 aliphatic heterocycles. The molecule has 0 bridgehead atoms. The molecule has 1 aromatic rings.